The molecule has 0 saturated carbocycles. The van der Waals surface area contributed by atoms with Gasteiger partial charge in [0, 0.05) is 0 Å². The molecule has 0 aliphatic rings. The Kier molecular flexibility index (Phi) is 42.0. The second-order valence-electron chi connectivity index (χ2n) is 2.43. The molecule has 0 unspecified atom stereocenters. The fourth-order valence-electron chi connectivity index (χ4n) is 0.571. The summed E-state index contributed by atoms with van der Waals surface area (Å²) in [4.78, 5) is 0. The van der Waals surface area contributed by atoms with Gasteiger partial charge in [-0.3, -0.25) is 0 Å². The van der Waals surface area contributed by atoms with E-state index in [0.717, 1.165) is 6.54 Å². The second-order valence-corrected chi connectivity index (χ2v) is 7.30. The first kappa shape index (κ1) is 20.1. The summed E-state index contributed by atoms with van der Waals surface area (Å²) < 4.78 is 3.03. The first-order valence-corrected chi connectivity index (χ1v) is 9.35. The molecule has 0 heterocycles. The minimum absolute atomic E-state index is 0. The van der Waals surface area contributed by atoms with E-state index in [4.69, 9.17) is 15.9 Å². The summed E-state index contributed by atoms with van der Waals surface area (Å²) in [5.74, 6) is 0. The topological polar surface area (TPSA) is 72.1 Å². The summed E-state index contributed by atoms with van der Waals surface area (Å²) in [6.07, 6.45) is 2.65. The zero-order valence-electron chi connectivity index (χ0n) is 9.84. The molecule has 0 rings (SSSR count). The Morgan fingerprint density at radius 2 is 1.43 bits per heavy atom. The van der Waals surface area contributed by atoms with Crippen molar-refractivity contribution < 1.29 is 10.2 Å². The van der Waals surface area contributed by atoms with Gasteiger partial charge in [-0.25, -0.2) is 0 Å². The van der Waals surface area contributed by atoms with E-state index in [9.17, 15) is 0 Å². The summed E-state index contributed by atoms with van der Waals surface area (Å²) in [6.45, 7) is 6.33. The molecular weight excluding hydrogens is 285 g/mol. The van der Waals surface area contributed by atoms with Gasteiger partial charge in [0.2, 0.25) is 0 Å². The van der Waals surface area contributed by atoms with Crippen LogP contribution < -0.4 is 15.9 Å². The van der Waals surface area contributed by atoms with Crippen LogP contribution in [0.1, 0.15) is 33.6 Å². The van der Waals surface area contributed by atoms with Crippen molar-refractivity contribution in [2.24, 2.45) is 5.73 Å². The van der Waals surface area contributed by atoms with E-state index in [1.165, 1.54) is 21.7 Å². The van der Waals surface area contributed by atoms with Crippen LogP contribution in [0.3, 0.4) is 0 Å². The summed E-state index contributed by atoms with van der Waals surface area (Å²) >= 11 is 0.115. The van der Waals surface area contributed by atoms with Crippen molar-refractivity contribution in [1.82, 2.24) is 0 Å². The van der Waals surface area contributed by atoms with Crippen LogP contribution in [-0.4, -0.2) is 40.9 Å². The Balaban J connectivity index is -0.000000168. The van der Waals surface area contributed by atoms with Gasteiger partial charge in [0.15, 0.2) is 0 Å². The van der Waals surface area contributed by atoms with E-state index < -0.39 is 0 Å². The van der Waals surface area contributed by atoms with Crippen LogP contribution in [0, 0.1) is 0 Å². The predicted octanol–water partition coefficient (Wildman–Crippen LogP) is 0.0192. The molecule has 0 aliphatic heterocycles. The first-order valence-electron chi connectivity index (χ1n) is 5.31. The normalized spacial score (nSPS) is 7.57. The van der Waals surface area contributed by atoms with E-state index in [1.54, 1.807) is 13.8 Å². The van der Waals surface area contributed by atoms with E-state index in [-0.39, 0.29) is 34.4 Å². The zero-order chi connectivity index (χ0) is 11.7. The summed E-state index contributed by atoms with van der Waals surface area (Å²) in [6, 6.07) is 0. The van der Waals surface area contributed by atoms with E-state index in [2.05, 4.69) is 6.92 Å². The van der Waals surface area contributed by atoms with Gasteiger partial charge in [0.05, 0.1) is 0 Å². The average molecular weight is 310 g/mol. The van der Waals surface area contributed by atoms with E-state index in [1.807, 2.05) is 0 Å². The van der Waals surface area contributed by atoms with Gasteiger partial charge in [0.25, 0.3) is 0 Å². The molecule has 0 spiro atoms. The molecule has 14 heavy (non-hydrogen) atoms. The fourth-order valence-corrected chi connectivity index (χ4v) is 3.01. The van der Waals surface area contributed by atoms with E-state index in [0.29, 0.717) is 0 Å². The Bertz CT molecular complexity index is 58.1. The summed E-state index contributed by atoms with van der Waals surface area (Å²) in [7, 11) is 0. The van der Waals surface area contributed by atoms with E-state index >= 15 is 0 Å². The first-order chi connectivity index (χ1) is 6.74. The van der Waals surface area contributed by atoms with Crippen molar-refractivity contribution in [2.75, 3.05) is 19.8 Å². The minimum atomic E-state index is 0. The third-order valence-corrected chi connectivity index (χ3v) is 4.50. The zero-order valence-corrected chi connectivity index (χ0v) is 12.7. The average Bonchev–Trinajstić information content (AvgIpc) is 2.15. The number of rotatable bonds is 5. The number of unbranched alkanes of at least 4 members (excludes halogenated alkanes) is 1. The van der Waals surface area contributed by atoms with Gasteiger partial charge >= 0.3 is 62.1 Å². The molecule has 0 saturated heterocycles. The van der Waals surface area contributed by atoms with Crippen LogP contribution >= 0.6 is 0 Å². The van der Waals surface area contributed by atoms with Crippen molar-refractivity contribution in [3.63, 3.8) is 0 Å². The third-order valence-electron chi connectivity index (χ3n) is 1.06. The molecule has 0 fully saturated rings. The fraction of sp³-hybridized carbons (Fsp3) is 1.00. The van der Waals surface area contributed by atoms with Crippen LogP contribution in [0.15, 0.2) is 0 Å². The standard InChI is InChI=1S/C4H10N.2C2H5O.C2H5.Sn/c1-2-3-4-5;2*1-2-3;1-2;/h1-5H2;2*2H2,1H3;1H2,2H3;/q;2*-1;;+2. The van der Waals surface area contributed by atoms with Crippen molar-refractivity contribution in [2.45, 2.75) is 42.5 Å². The van der Waals surface area contributed by atoms with Gasteiger partial charge in [-0.05, 0) is 0 Å². The molecule has 0 aromatic heterocycles. The number of nitrogens with two attached hydrogens (primary N) is 1. The SMILES string of the molecule is CC[O-].CC[O-].C[CH2][Sn+2][CH2]CCCN. The Morgan fingerprint density at radius 3 is 1.71 bits per heavy atom. The predicted molar refractivity (Wildman–Crippen MR) is 60.4 cm³/mol. The maximum atomic E-state index is 8.93. The molecule has 0 aromatic rings. The van der Waals surface area contributed by atoms with Crippen molar-refractivity contribution >= 4 is 21.1 Å². The van der Waals surface area contributed by atoms with Crippen molar-refractivity contribution in [1.29, 1.82) is 0 Å². The number of hydrogen-bond acceptors (Lipinski definition) is 3. The second kappa shape index (κ2) is 29.2. The van der Waals surface area contributed by atoms with Gasteiger partial charge in [0.1, 0.15) is 0 Å². The Morgan fingerprint density at radius 1 is 1.00 bits per heavy atom. The molecule has 4 heteroatoms. The van der Waals surface area contributed by atoms with Crippen LogP contribution in [0.25, 0.3) is 0 Å². The summed E-state index contributed by atoms with van der Waals surface area (Å²) in [5.41, 5.74) is 5.33. The van der Waals surface area contributed by atoms with Gasteiger partial charge < -0.3 is 10.2 Å². The van der Waals surface area contributed by atoms with Gasteiger partial charge in [-0.1, -0.05) is 13.8 Å². The van der Waals surface area contributed by atoms with Gasteiger partial charge in [-0.15, -0.1) is 13.2 Å². The Labute approximate surface area is 99.3 Å². The molecule has 0 amide bonds. The molecule has 0 atom stereocenters. The molecule has 0 aromatic carbocycles. The summed E-state index contributed by atoms with van der Waals surface area (Å²) in [5, 5.41) is 17.9. The quantitative estimate of drug-likeness (QED) is 0.575. The molecule has 2 N–H and O–H groups in total. The molecule has 0 aliphatic carbocycles. The van der Waals surface area contributed by atoms with Crippen LogP contribution in [0.4, 0.5) is 0 Å². The Hall–Kier alpha value is 0.679. The molecular formula is C10H25NO2Sn. The molecule has 3 nitrogen and oxygen atoms in total. The van der Waals surface area contributed by atoms with Crippen molar-refractivity contribution in [3.8, 4) is 0 Å². The number of hydrogen-bond donors (Lipinski definition) is 1. The monoisotopic (exact) mass is 311 g/mol. The molecule has 0 radical (unpaired) electrons. The maximum absolute atomic E-state index is 8.93. The van der Waals surface area contributed by atoms with Crippen LogP contribution in [0.5, 0.6) is 0 Å². The van der Waals surface area contributed by atoms with Gasteiger partial charge in [-0.2, -0.15) is 0 Å². The van der Waals surface area contributed by atoms with Crippen LogP contribution in [-0.2, 0) is 0 Å². The molecule has 0 bridgehead atoms. The third kappa shape index (κ3) is 53.6. The van der Waals surface area contributed by atoms with Crippen LogP contribution in [0.2, 0.25) is 8.87 Å². The van der Waals surface area contributed by atoms with Crippen molar-refractivity contribution in [3.05, 3.63) is 0 Å². The molecule has 86 valence electrons.